The molecule has 4 aromatic carbocycles. The van der Waals surface area contributed by atoms with Crippen molar-refractivity contribution in [3.05, 3.63) is 133 Å². The van der Waals surface area contributed by atoms with E-state index in [9.17, 15) is 14.4 Å². The summed E-state index contributed by atoms with van der Waals surface area (Å²) < 4.78 is 0. The molecule has 2 aliphatic rings. The Morgan fingerprint density at radius 1 is 0.550 bits per heavy atom. The van der Waals surface area contributed by atoms with E-state index in [1.54, 1.807) is 36.4 Å². The predicted octanol–water partition coefficient (Wildman–Crippen LogP) is 8.15. The van der Waals surface area contributed by atoms with Crippen LogP contribution in [0.5, 0.6) is 0 Å². The normalized spacial score (nSPS) is 12.6. The molecule has 8 rings (SSSR count). The highest BCUT2D eigenvalue weighted by molar-refractivity contribution is 6.39. The summed E-state index contributed by atoms with van der Waals surface area (Å²) in [6, 6.07) is 25.1. The highest BCUT2D eigenvalue weighted by Gasteiger charge is 2.32. The first-order valence-electron chi connectivity index (χ1n) is 12.3. The summed E-state index contributed by atoms with van der Waals surface area (Å²) in [5, 5.41) is 2.97. The number of para-hydroxylation sites is 2. The zero-order valence-corrected chi connectivity index (χ0v) is 22.7. The number of nitrogens with one attached hydrogen (secondary N) is 1. The molecular weight excluding hydrogens is 567 g/mol. The van der Waals surface area contributed by atoms with Gasteiger partial charge in [-0.2, -0.15) is 0 Å². The molecule has 2 aromatic heterocycles. The maximum absolute atomic E-state index is 12.7. The van der Waals surface area contributed by atoms with E-state index in [2.05, 4.69) is 9.97 Å². The first kappa shape index (κ1) is 24.7. The minimum absolute atomic E-state index is 0.0435. The highest BCUT2D eigenvalue weighted by Crippen LogP contribution is 2.44. The second-order valence-electron chi connectivity index (χ2n) is 9.46. The number of hydrogen-bond donors (Lipinski definition) is 1. The second kappa shape index (κ2) is 9.14. The number of rotatable bonds is 0. The van der Waals surface area contributed by atoms with Gasteiger partial charge in [-0.15, -0.1) is 0 Å². The third-order valence-corrected chi connectivity index (χ3v) is 7.96. The number of H-pyrrole nitrogens is 1. The van der Waals surface area contributed by atoms with Gasteiger partial charge < -0.3 is 4.98 Å². The molecule has 40 heavy (non-hydrogen) atoms. The fraction of sp³-hybridized carbons (Fsp3) is 0. The van der Waals surface area contributed by atoms with E-state index in [1.807, 2.05) is 48.5 Å². The fourth-order valence-electron chi connectivity index (χ4n) is 5.51. The molecule has 5 nitrogen and oxygen atoms in total. The Morgan fingerprint density at radius 2 is 1.10 bits per heavy atom. The van der Waals surface area contributed by atoms with E-state index in [1.165, 1.54) is 0 Å². The molecule has 0 radical (unpaired) electrons. The van der Waals surface area contributed by atoms with E-state index < -0.39 is 0 Å². The molecule has 6 aromatic rings. The van der Waals surface area contributed by atoms with Crippen molar-refractivity contribution in [3.63, 3.8) is 0 Å². The van der Waals surface area contributed by atoms with Gasteiger partial charge in [-0.3, -0.25) is 14.4 Å². The molecule has 0 saturated carbocycles. The minimum atomic E-state index is -0.242. The monoisotopic (exact) mass is 580 g/mol. The zero-order valence-electron chi connectivity index (χ0n) is 20.4. The summed E-state index contributed by atoms with van der Waals surface area (Å²) in [5.41, 5.74) is 5.95. The second-order valence-corrected chi connectivity index (χ2v) is 10.7. The summed E-state index contributed by atoms with van der Waals surface area (Å²) in [5.74, 6) is -0.183. The Kier molecular flexibility index (Phi) is 5.65. The number of fused-ring (bicyclic) bond motifs is 10. The van der Waals surface area contributed by atoms with Crippen LogP contribution in [0.1, 0.15) is 31.8 Å². The van der Waals surface area contributed by atoms with E-state index in [-0.39, 0.29) is 17.1 Å². The number of benzene rings is 4. The number of carbonyl (C=O) groups is 2. The molecule has 2 aliphatic carbocycles. The number of aromatic amines is 1. The smallest absolute Gasteiger partial charge is 0.257 e. The Labute approximate surface area is 242 Å². The van der Waals surface area contributed by atoms with Gasteiger partial charge in [0, 0.05) is 54.2 Å². The predicted molar refractivity (Wildman–Crippen MR) is 159 cm³/mol. The Hall–Kier alpha value is -4.29. The van der Waals surface area contributed by atoms with Crippen LogP contribution in [0.25, 0.3) is 44.1 Å². The van der Waals surface area contributed by atoms with Crippen molar-refractivity contribution in [3.8, 4) is 22.3 Å². The van der Waals surface area contributed by atoms with Crippen molar-refractivity contribution in [2.75, 3.05) is 0 Å². The number of ketones is 2. The molecular formula is C32H15Cl3N2O3. The molecule has 0 aliphatic heterocycles. The van der Waals surface area contributed by atoms with Gasteiger partial charge in [0.25, 0.3) is 5.56 Å². The summed E-state index contributed by atoms with van der Waals surface area (Å²) in [4.78, 5) is 44.7. The average molecular weight is 582 g/mol. The van der Waals surface area contributed by atoms with Crippen molar-refractivity contribution in [1.29, 1.82) is 0 Å². The van der Waals surface area contributed by atoms with Crippen molar-refractivity contribution in [1.82, 2.24) is 9.97 Å². The van der Waals surface area contributed by atoms with Crippen LogP contribution in [0.15, 0.2) is 89.7 Å². The van der Waals surface area contributed by atoms with Gasteiger partial charge in [0.05, 0.1) is 11.1 Å². The van der Waals surface area contributed by atoms with Crippen LogP contribution in [0.2, 0.25) is 15.2 Å². The lowest BCUT2D eigenvalue weighted by Gasteiger charge is -2.06. The molecule has 0 saturated heterocycles. The van der Waals surface area contributed by atoms with E-state index in [4.69, 9.17) is 34.8 Å². The molecule has 1 N–H and O–H groups in total. The molecule has 0 amide bonds. The van der Waals surface area contributed by atoms with Crippen LogP contribution in [0.4, 0.5) is 0 Å². The molecule has 0 spiro atoms. The zero-order chi connectivity index (χ0) is 27.7. The maximum Gasteiger partial charge on any atom is 0.257 e. The summed E-state index contributed by atoms with van der Waals surface area (Å²) in [6.07, 6.45) is 0. The first-order chi connectivity index (χ1) is 19.3. The Morgan fingerprint density at radius 3 is 1.77 bits per heavy atom. The maximum atomic E-state index is 12.7. The number of aromatic nitrogens is 2. The van der Waals surface area contributed by atoms with Crippen LogP contribution in [0.3, 0.4) is 0 Å². The van der Waals surface area contributed by atoms with E-state index in [0.717, 1.165) is 21.9 Å². The SMILES string of the molecule is O=C1c2cc(Cl)ccc2-c2c(Cl)nc3ccccc3c21.O=C1c2cc(Cl)ccc2-c2c1c1ccccc1[nH]c2=O. The molecule has 0 unspecified atom stereocenters. The van der Waals surface area contributed by atoms with Crippen LogP contribution in [-0.4, -0.2) is 21.5 Å². The number of halogens is 3. The molecule has 2 heterocycles. The average Bonchev–Trinajstić information content (AvgIpc) is 3.41. The molecule has 0 fully saturated rings. The van der Waals surface area contributed by atoms with Crippen LogP contribution >= 0.6 is 34.8 Å². The fourth-order valence-corrected chi connectivity index (χ4v) is 6.15. The topological polar surface area (TPSA) is 79.9 Å². The van der Waals surface area contributed by atoms with Gasteiger partial charge in [0.15, 0.2) is 11.6 Å². The van der Waals surface area contributed by atoms with Crippen molar-refractivity contribution in [2.24, 2.45) is 0 Å². The van der Waals surface area contributed by atoms with Gasteiger partial charge in [-0.05, 0) is 47.5 Å². The molecule has 192 valence electrons. The van der Waals surface area contributed by atoms with Crippen molar-refractivity contribution < 1.29 is 9.59 Å². The summed E-state index contributed by atoms with van der Waals surface area (Å²) >= 11 is 18.2. The standard InChI is InChI=1S/C16H7Cl2NO.C16H8ClNO2/c17-8-5-6-9-11(7-8)15(20)13-10-3-1-2-4-12(10)19-16(18)14(9)13;17-8-5-6-9-11(7-8)15(19)13-10-3-1-2-4-12(10)18-16(20)14(9)13/h1-7H;1-7H,(H,18,20). The molecule has 8 heteroatoms. The number of hydrogen-bond acceptors (Lipinski definition) is 4. The third-order valence-electron chi connectivity index (χ3n) is 7.22. The molecule has 0 bridgehead atoms. The quantitative estimate of drug-likeness (QED) is 0.183. The highest BCUT2D eigenvalue weighted by atomic mass is 35.5. The van der Waals surface area contributed by atoms with Gasteiger partial charge in [0.2, 0.25) is 0 Å². The van der Waals surface area contributed by atoms with E-state index >= 15 is 0 Å². The Balaban J connectivity index is 0.000000132. The van der Waals surface area contributed by atoms with Gasteiger partial charge in [-0.25, -0.2) is 4.98 Å². The lowest BCUT2D eigenvalue weighted by Crippen LogP contribution is -2.11. The minimum Gasteiger partial charge on any atom is -0.321 e. The lowest BCUT2D eigenvalue weighted by atomic mass is 10.0. The van der Waals surface area contributed by atoms with Gasteiger partial charge in [-0.1, -0.05) is 83.3 Å². The number of carbonyl (C=O) groups excluding carboxylic acids is 2. The third kappa shape index (κ3) is 3.63. The van der Waals surface area contributed by atoms with Crippen LogP contribution < -0.4 is 5.56 Å². The first-order valence-corrected chi connectivity index (χ1v) is 13.4. The van der Waals surface area contributed by atoms with Crippen LogP contribution in [0, 0.1) is 0 Å². The largest absolute Gasteiger partial charge is 0.321 e. The molecule has 0 atom stereocenters. The number of nitrogens with zero attached hydrogens (tertiary/aromatic N) is 1. The van der Waals surface area contributed by atoms with Crippen molar-refractivity contribution in [2.45, 2.75) is 0 Å². The van der Waals surface area contributed by atoms with Crippen molar-refractivity contribution >= 4 is 68.2 Å². The summed E-state index contributed by atoms with van der Waals surface area (Å²) in [6.45, 7) is 0. The van der Waals surface area contributed by atoms with Crippen LogP contribution in [-0.2, 0) is 0 Å². The lowest BCUT2D eigenvalue weighted by molar-refractivity contribution is 0.103. The van der Waals surface area contributed by atoms with Gasteiger partial charge >= 0.3 is 0 Å². The number of pyridine rings is 2. The summed E-state index contributed by atoms with van der Waals surface area (Å²) in [7, 11) is 0. The van der Waals surface area contributed by atoms with E-state index in [0.29, 0.717) is 59.7 Å². The Bertz CT molecular complexity index is 2170. The van der Waals surface area contributed by atoms with Gasteiger partial charge in [0.1, 0.15) is 5.15 Å².